The molecule has 1 aromatic heterocycles. The zero-order valence-electron chi connectivity index (χ0n) is 22.1. The Hall–Kier alpha value is -2.96. The Morgan fingerprint density at radius 2 is 1.34 bits per heavy atom. The Kier molecular flexibility index (Phi) is 9.55. The third-order valence-electron chi connectivity index (χ3n) is 6.31. The van der Waals surface area contributed by atoms with Gasteiger partial charge in [-0.1, -0.05) is 12.1 Å². The highest BCUT2D eigenvalue weighted by Crippen LogP contribution is 2.36. The van der Waals surface area contributed by atoms with Crippen LogP contribution >= 0.6 is 15.9 Å². The molecule has 206 valence electrons. The molecule has 3 aromatic rings. The summed E-state index contributed by atoms with van der Waals surface area (Å²) in [7, 11) is 1.71. The van der Waals surface area contributed by atoms with Crippen molar-refractivity contribution in [3.05, 3.63) is 70.2 Å². The van der Waals surface area contributed by atoms with Gasteiger partial charge in [-0.3, -0.25) is 0 Å². The number of methoxy groups -OCH3 is 4. The molecule has 3 rings (SSSR count). The molecule has 0 aliphatic rings. The Bertz CT molecular complexity index is 1300. The number of rotatable bonds is 12. The lowest BCUT2D eigenvalue weighted by Gasteiger charge is -2.32. The molecule has 0 saturated carbocycles. The van der Waals surface area contributed by atoms with Crippen LogP contribution in [0.15, 0.2) is 53.3 Å². The molecule has 0 spiro atoms. The maximum atomic E-state index is 16.1. The predicted molar refractivity (Wildman–Crippen MR) is 145 cm³/mol. The molecule has 38 heavy (non-hydrogen) atoms. The molecule has 0 saturated heterocycles. The molecule has 0 amide bonds. The number of hydrogen-bond donors (Lipinski definition) is 0. The Morgan fingerprint density at radius 1 is 0.895 bits per heavy atom. The molecule has 0 N–H and O–H groups in total. The molecule has 0 bridgehead atoms. The van der Waals surface area contributed by atoms with Crippen molar-refractivity contribution in [2.75, 3.05) is 28.4 Å². The molecular formula is C26H31BrFN3O6S. The quantitative estimate of drug-likeness (QED) is 0.286. The summed E-state index contributed by atoms with van der Waals surface area (Å²) in [4.78, 5) is 8.04. The maximum absolute atomic E-state index is 16.1. The van der Waals surface area contributed by atoms with Crippen LogP contribution in [-0.4, -0.2) is 56.4 Å². The summed E-state index contributed by atoms with van der Waals surface area (Å²) in [5.74, 6) is 1.72. The van der Waals surface area contributed by atoms with E-state index in [9.17, 15) is 8.42 Å². The summed E-state index contributed by atoms with van der Waals surface area (Å²) in [6.45, 7) is 2.27. The van der Waals surface area contributed by atoms with E-state index in [0.29, 0.717) is 38.6 Å². The molecular weight excluding hydrogens is 581 g/mol. The van der Waals surface area contributed by atoms with Crippen molar-refractivity contribution in [1.29, 1.82) is 0 Å². The van der Waals surface area contributed by atoms with Crippen LogP contribution in [0, 0.1) is 0 Å². The Labute approximate surface area is 231 Å². The zero-order chi connectivity index (χ0) is 28.1. The first-order valence-electron chi connectivity index (χ1n) is 11.6. The fraction of sp³-hybridized carbons (Fsp3) is 0.385. The van der Waals surface area contributed by atoms with E-state index in [1.54, 1.807) is 36.4 Å². The number of nitrogens with zero attached hydrogens (tertiary/aromatic N) is 3. The molecule has 2 aromatic carbocycles. The third kappa shape index (κ3) is 6.36. The first kappa shape index (κ1) is 29.6. The molecule has 2 atom stereocenters. The largest absolute Gasteiger partial charge is 0.497 e. The highest BCUT2D eigenvalue weighted by atomic mass is 79.9. The molecule has 0 aliphatic heterocycles. The topological polar surface area (TPSA) is 100 Å². The van der Waals surface area contributed by atoms with E-state index in [-0.39, 0.29) is 18.9 Å². The van der Waals surface area contributed by atoms with Crippen molar-refractivity contribution >= 4 is 26.0 Å². The second-order valence-corrected chi connectivity index (χ2v) is 11.8. The summed E-state index contributed by atoms with van der Waals surface area (Å²) in [5, 5.41) is -1.54. The van der Waals surface area contributed by atoms with Crippen LogP contribution in [-0.2, 0) is 28.8 Å². The van der Waals surface area contributed by atoms with Gasteiger partial charge in [-0.2, -0.15) is 4.31 Å². The van der Waals surface area contributed by atoms with Crippen LogP contribution in [0.25, 0.3) is 0 Å². The second-order valence-electron chi connectivity index (χ2n) is 8.61. The van der Waals surface area contributed by atoms with Gasteiger partial charge in [0, 0.05) is 48.7 Å². The van der Waals surface area contributed by atoms with E-state index in [1.165, 1.54) is 59.0 Å². The SMILES string of the molecule is COc1ccc(CN(Cc2ccc(OC)cc2OC)S(=O)(=O)[C@H](C)[C@](C)(F)c2ncc(Br)cn2)c(OC)c1. The minimum absolute atomic E-state index is 0.105. The monoisotopic (exact) mass is 611 g/mol. The van der Waals surface area contributed by atoms with Gasteiger partial charge < -0.3 is 18.9 Å². The molecule has 0 aliphatic carbocycles. The summed E-state index contributed by atoms with van der Waals surface area (Å²) < 4.78 is 67.5. The Balaban J connectivity index is 2.08. The lowest BCUT2D eigenvalue weighted by Crippen LogP contribution is -2.45. The van der Waals surface area contributed by atoms with Crippen molar-refractivity contribution in [3.63, 3.8) is 0 Å². The fourth-order valence-electron chi connectivity index (χ4n) is 3.83. The van der Waals surface area contributed by atoms with E-state index >= 15 is 4.39 Å². The molecule has 1 heterocycles. The summed E-state index contributed by atoms with van der Waals surface area (Å²) in [6, 6.07) is 10.1. The number of ether oxygens (including phenoxy) is 4. The number of hydrogen-bond acceptors (Lipinski definition) is 8. The van der Waals surface area contributed by atoms with Gasteiger partial charge in [-0.15, -0.1) is 0 Å². The predicted octanol–water partition coefficient (Wildman–Crippen LogP) is 4.88. The lowest BCUT2D eigenvalue weighted by molar-refractivity contribution is 0.169. The van der Waals surface area contributed by atoms with E-state index in [2.05, 4.69) is 25.9 Å². The van der Waals surface area contributed by atoms with Crippen LogP contribution in [0.2, 0.25) is 0 Å². The number of aromatic nitrogens is 2. The van der Waals surface area contributed by atoms with Crippen LogP contribution in [0.5, 0.6) is 23.0 Å². The zero-order valence-corrected chi connectivity index (χ0v) is 24.5. The third-order valence-corrected chi connectivity index (χ3v) is 9.03. The minimum Gasteiger partial charge on any atom is -0.497 e. The van der Waals surface area contributed by atoms with Gasteiger partial charge in [0.15, 0.2) is 11.5 Å². The van der Waals surface area contributed by atoms with Gasteiger partial charge in [0.25, 0.3) is 0 Å². The van der Waals surface area contributed by atoms with Crippen molar-refractivity contribution in [1.82, 2.24) is 14.3 Å². The minimum atomic E-state index is -4.30. The van der Waals surface area contributed by atoms with E-state index in [0.717, 1.165) is 0 Å². The second kappa shape index (κ2) is 12.3. The average molecular weight is 613 g/mol. The van der Waals surface area contributed by atoms with Crippen molar-refractivity contribution in [3.8, 4) is 23.0 Å². The van der Waals surface area contributed by atoms with Gasteiger partial charge in [-0.05, 0) is 41.9 Å². The van der Waals surface area contributed by atoms with E-state index in [4.69, 9.17) is 18.9 Å². The molecule has 9 nitrogen and oxygen atoms in total. The standard InChI is InChI=1S/C26H31BrFN3O6S/c1-17(26(2,28)25-29-13-20(27)14-30-25)38(32,33)31(15-18-7-9-21(34-3)11-23(18)36-5)16-19-8-10-22(35-4)12-24(19)37-6/h7-14,17H,15-16H2,1-6H3/t17-,26+/m1/s1. The first-order valence-corrected chi connectivity index (χ1v) is 13.8. The van der Waals surface area contributed by atoms with Crippen molar-refractivity contribution < 1.29 is 31.8 Å². The summed E-state index contributed by atoms with van der Waals surface area (Å²) in [6.07, 6.45) is 2.75. The van der Waals surface area contributed by atoms with Crippen molar-refractivity contribution in [2.45, 2.75) is 37.9 Å². The summed E-state index contributed by atoms with van der Waals surface area (Å²) >= 11 is 3.22. The Morgan fingerprint density at radius 3 is 1.74 bits per heavy atom. The smallest absolute Gasteiger partial charge is 0.220 e. The first-order chi connectivity index (χ1) is 18.0. The number of benzene rings is 2. The van der Waals surface area contributed by atoms with Gasteiger partial charge in [0.2, 0.25) is 10.0 Å². The highest BCUT2D eigenvalue weighted by molar-refractivity contribution is 9.10. The number of alkyl halides is 1. The number of halogens is 2. The molecule has 12 heteroatoms. The van der Waals surface area contributed by atoms with Gasteiger partial charge >= 0.3 is 0 Å². The van der Waals surface area contributed by atoms with Crippen LogP contribution < -0.4 is 18.9 Å². The lowest BCUT2D eigenvalue weighted by atomic mass is 10.0. The van der Waals surface area contributed by atoms with Gasteiger partial charge in [0.05, 0.1) is 32.9 Å². The highest BCUT2D eigenvalue weighted by Gasteiger charge is 2.46. The normalized spacial score (nSPS) is 14.0. The molecule has 0 radical (unpaired) electrons. The van der Waals surface area contributed by atoms with Crippen LogP contribution in [0.1, 0.15) is 30.8 Å². The van der Waals surface area contributed by atoms with Crippen LogP contribution in [0.3, 0.4) is 0 Å². The molecule has 0 unspecified atom stereocenters. The average Bonchev–Trinajstić information content (AvgIpc) is 2.92. The van der Waals surface area contributed by atoms with Crippen LogP contribution in [0.4, 0.5) is 4.39 Å². The van der Waals surface area contributed by atoms with Gasteiger partial charge in [-0.25, -0.2) is 22.8 Å². The van der Waals surface area contributed by atoms with Crippen molar-refractivity contribution in [2.24, 2.45) is 0 Å². The molecule has 0 fully saturated rings. The van der Waals surface area contributed by atoms with E-state index in [1.807, 2.05) is 0 Å². The summed E-state index contributed by atoms with van der Waals surface area (Å²) in [5.41, 5.74) is -1.26. The fourth-order valence-corrected chi connectivity index (χ4v) is 5.79. The van der Waals surface area contributed by atoms with E-state index < -0.39 is 20.9 Å². The number of sulfonamides is 1. The van der Waals surface area contributed by atoms with Gasteiger partial charge in [0.1, 0.15) is 28.2 Å². The maximum Gasteiger partial charge on any atom is 0.220 e.